The SMILES string of the molecule is CCCCCCNC(=O)c1ccc(NC(=O)C2CC(=O)N(CCCC)C2)cc1. The van der Waals surface area contributed by atoms with Crippen molar-refractivity contribution < 1.29 is 14.4 Å². The predicted octanol–water partition coefficient (Wildman–Crippen LogP) is 3.58. The van der Waals surface area contributed by atoms with Crippen LogP contribution in [0.4, 0.5) is 5.69 Å². The number of hydrogen-bond acceptors (Lipinski definition) is 3. The number of likely N-dealkylation sites (tertiary alicyclic amines) is 1. The summed E-state index contributed by atoms with van der Waals surface area (Å²) >= 11 is 0. The topological polar surface area (TPSA) is 78.5 Å². The number of carbonyl (C=O) groups excluding carboxylic acids is 3. The normalized spacial score (nSPS) is 16.3. The van der Waals surface area contributed by atoms with E-state index < -0.39 is 0 Å². The lowest BCUT2D eigenvalue weighted by Crippen LogP contribution is -2.29. The van der Waals surface area contributed by atoms with Gasteiger partial charge in [-0.1, -0.05) is 39.5 Å². The molecular formula is C22H33N3O3. The molecule has 154 valence electrons. The zero-order chi connectivity index (χ0) is 20.4. The number of carbonyl (C=O) groups is 3. The van der Waals surface area contributed by atoms with E-state index in [0.717, 1.165) is 32.2 Å². The molecule has 1 aromatic rings. The van der Waals surface area contributed by atoms with E-state index >= 15 is 0 Å². The highest BCUT2D eigenvalue weighted by Crippen LogP contribution is 2.20. The Morgan fingerprint density at radius 1 is 1.04 bits per heavy atom. The number of nitrogens with zero attached hydrogens (tertiary/aromatic N) is 1. The standard InChI is InChI=1S/C22H33N3O3/c1-3-5-7-8-13-23-21(27)17-9-11-19(12-10-17)24-22(28)18-15-20(26)25(16-18)14-6-4-2/h9-12,18H,3-8,13-16H2,1-2H3,(H,23,27)(H,24,28). The van der Waals surface area contributed by atoms with E-state index in [0.29, 0.717) is 24.3 Å². The Morgan fingerprint density at radius 3 is 2.43 bits per heavy atom. The van der Waals surface area contributed by atoms with Gasteiger partial charge in [0, 0.05) is 37.3 Å². The number of rotatable bonds is 11. The number of anilines is 1. The van der Waals surface area contributed by atoms with Gasteiger partial charge < -0.3 is 15.5 Å². The van der Waals surface area contributed by atoms with Crippen molar-refractivity contribution in [2.45, 2.75) is 58.8 Å². The zero-order valence-corrected chi connectivity index (χ0v) is 17.1. The van der Waals surface area contributed by atoms with Gasteiger partial charge in [-0.25, -0.2) is 0 Å². The lowest BCUT2D eigenvalue weighted by Gasteiger charge is -2.16. The second-order valence-electron chi connectivity index (χ2n) is 7.48. The highest BCUT2D eigenvalue weighted by atomic mass is 16.2. The Bertz CT molecular complexity index is 657. The lowest BCUT2D eigenvalue weighted by molar-refractivity contribution is -0.128. The Labute approximate surface area is 168 Å². The van der Waals surface area contributed by atoms with E-state index in [1.54, 1.807) is 29.2 Å². The molecule has 1 aliphatic rings. The summed E-state index contributed by atoms with van der Waals surface area (Å²) < 4.78 is 0. The molecule has 1 unspecified atom stereocenters. The highest BCUT2D eigenvalue weighted by molar-refractivity contribution is 5.98. The van der Waals surface area contributed by atoms with Crippen LogP contribution in [0.5, 0.6) is 0 Å². The third-order valence-corrected chi connectivity index (χ3v) is 5.10. The Kier molecular flexibility index (Phi) is 8.98. The summed E-state index contributed by atoms with van der Waals surface area (Å²) in [6, 6.07) is 6.89. The molecule has 1 aromatic carbocycles. The minimum absolute atomic E-state index is 0.0551. The van der Waals surface area contributed by atoms with Gasteiger partial charge in [-0.05, 0) is 37.1 Å². The van der Waals surface area contributed by atoms with Crippen LogP contribution in [0.15, 0.2) is 24.3 Å². The van der Waals surface area contributed by atoms with Gasteiger partial charge in [-0.2, -0.15) is 0 Å². The van der Waals surface area contributed by atoms with Crippen LogP contribution in [0.25, 0.3) is 0 Å². The molecule has 0 saturated carbocycles. The first-order chi connectivity index (χ1) is 13.5. The molecule has 0 radical (unpaired) electrons. The van der Waals surface area contributed by atoms with Crippen molar-refractivity contribution >= 4 is 23.4 Å². The number of nitrogens with one attached hydrogen (secondary N) is 2. The largest absolute Gasteiger partial charge is 0.352 e. The van der Waals surface area contributed by atoms with Crippen molar-refractivity contribution in [3.63, 3.8) is 0 Å². The summed E-state index contributed by atoms with van der Waals surface area (Å²) in [4.78, 5) is 38.4. The molecule has 0 spiro atoms. The highest BCUT2D eigenvalue weighted by Gasteiger charge is 2.33. The fourth-order valence-electron chi connectivity index (χ4n) is 3.32. The Balaban J connectivity index is 1.79. The maximum Gasteiger partial charge on any atom is 0.251 e. The van der Waals surface area contributed by atoms with E-state index in [1.165, 1.54) is 12.8 Å². The van der Waals surface area contributed by atoms with Crippen LogP contribution in [-0.2, 0) is 9.59 Å². The molecule has 0 bridgehead atoms. The van der Waals surface area contributed by atoms with Gasteiger partial charge in [-0.3, -0.25) is 14.4 Å². The Hall–Kier alpha value is -2.37. The monoisotopic (exact) mass is 387 g/mol. The summed E-state index contributed by atoms with van der Waals surface area (Å²) in [7, 11) is 0. The summed E-state index contributed by atoms with van der Waals surface area (Å²) in [5.41, 5.74) is 1.22. The molecule has 1 atom stereocenters. The molecular weight excluding hydrogens is 354 g/mol. The average molecular weight is 388 g/mol. The van der Waals surface area contributed by atoms with Gasteiger partial charge in [0.1, 0.15) is 0 Å². The first kappa shape index (κ1) is 21.9. The van der Waals surface area contributed by atoms with Crippen molar-refractivity contribution in [2.75, 3.05) is 25.0 Å². The van der Waals surface area contributed by atoms with Crippen molar-refractivity contribution in [3.8, 4) is 0 Å². The van der Waals surface area contributed by atoms with Crippen molar-refractivity contribution in [1.82, 2.24) is 10.2 Å². The van der Waals surface area contributed by atoms with E-state index in [1.807, 2.05) is 0 Å². The number of amides is 3. The van der Waals surface area contributed by atoms with Crippen molar-refractivity contribution in [2.24, 2.45) is 5.92 Å². The average Bonchev–Trinajstić information content (AvgIpc) is 3.07. The first-order valence-corrected chi connectivity index (χ1v) is 10.5. The molecule has 28 heavy (non-hydrogen) atoms. The van der Waals surface area contributed by atoms with E-state index in [2.05, 4.69) is 24.5 Å². The van der Waals surface area contributed by atoms with E-state index in [4.69, 9.17) is 0 Å². The molecule has 2 rings (SSSR count). The third-order valence-electron chi connectivity index (χ3n) is 5.10. The predicted molar refractivity (Wildman–Crippen MR) is 111 cm³/mol. The molecule has 1 saturated heterocycles. The second kappa shape index (κ2) is 11.5. The molecule has 1 heterocycles. The maximum atomic E-state index is 12.5. The molecule has 6 heteroatoms. The third kappa shape index (κ3) is 6.66. The van der Waals surface area contributed by atoms with Gasteiger partial charge in [0.2, 0.25) is 11.8 Å². The van der Waals surface area contributed by atoms with Crippen LogP contribution in [0, 0.1) is 5.92 Å². The molecule has 6 nitrogen and oxygen atoms in total. The molecule has 1 aliphatic heterocycles. The van der Waals surface area contributed by atoms with Gasteiger partial charge in [0.05, 0.1) is 5.92 Å². The van der Waals surface area contributed by atoms with Gasteiger partial charge in [0.15, 0.2) is 0 Å². The van der Waals surface area contributed by atoms with Gasteiger partial charge in [-0.15, -0.1) is 0 Å². The summed E-state index contributed by atoms with van der Waals surface area (Å²) in [6.45, 7) is 6.14. The van der Waals surface area contributed by atoms with Crippen LogP contribution in [0.2, 0.25) is 0 Å². The van der Waals surface area contributed by atoms with Crippen molar-refractivity contribution in [3.05, 3.63) is 29.8 Å². The van der Waals surface area contributed by atoms with E-state index in [9.17, 15) is 14.4 Å². The fourth-order valence-corrected chi connectivity index (χ4v) is 3.32. The van der Waals surface area contributed by atoms with Crippen LogP contribution in [0.1, 0.15) is 69.2 Å². The molecule has 3 amide bonds. The first-order valence-electron chi connectivity index (χ1n) is 10.5. The minimum Gasteiger partial charge on any atom is -0.352 e. The molecule has 0 aliphatic carbocycles. The molecule has 0 aromatic heterocycles. The zero-order valence-electron chi connectivity index (χ0n) is 17.1. The number of unbranched alkanes of at least 4 members (excludes halogenated alkanes) is 4. The summed E-state index contributed by atoms with van der Waals surface area (Å²) in [6.07, 6.45) is 6.74. The summed E-state index contributed by atoms with van der Waals surface area (Å²) in [5.74, 6) is -0.488. The van der Waals surface area contributed by atoms with Crippen LogP contribution in [0.3, 0.4) is 0 Å². The Morgan fingerprint density at radius 2 is 1.75 bits per heavy atom. The number of hydrogen-bond donors (Lipinski definition) is 2. The van der Waals surface area contributed by atoms with Crippen LogP contribution < -0.4 is 10.6 Å². The van der Waals surface area contributed by atoms with Crippen LogP contribution >= 0.6 is 0 Å². The quantitative estimate of drug-likeness (QED) is 0.570. The minimum atomic E-state index is -0.310. The van der Waals surface area contributed by atoms with E-state index in [-0.39, 0.29) is 30.1 Å². The lowest BCUT2D eigenvalue weighted by atomic mass is 10.1. The van der Waals surface area contributed by atoms with Crippen molar-refractivity contribution in [1.29, 1.82) is 0 Å². The second-order valence-corrected chi connectivity index (χ2v) is 7.48. The van der Waals surface area contributed by atoms with Gasteiger partial charge in [0.25, 0.3) is 5.91 Å². The molecule has 2 N–H and O–H groups in total. The summed E-state index contributed by atoms with van der Waals surface area (Å²) in [5, 5.41) is 5.78. The van der Waals surface area contributed by atoms with Gasteiger partial charge >= 0.3 is 0 Å². The maximum absolute atomic E-state index is 12.5. The number of benzene rings is 1. The van der Waals surface area contributed by atoms with Crippen LogP contribution in [-0.4, -0.2) is 42.3 Å². The fraction of sp³-hybridized carbons (Fsp3) is 0.591. The smallest absolute Gasteiger partial charge is 0.251 e. The molecule has 1 fully saturated rings.